The van der Waals surface area contributed by atoms with E-state index >= 15 is 0 Å². The molecule has 1 aliphatic rings. The Morgan fingerprint density at radius 3 is 2.61 bits per heavy atom. The second-order valence-corrected chi connectivity index (χ2v) is 9.97. The van der Waals surface area contributed by atoms with E-state index in [-0.39, 0.29) is 41.6 Å². The molecule has 0 bridgehead atoms. The quantitative estimate of drug-likeness (QED) is 0.541. The van der Waals surface area contributed by atoms with Crippen LogP contribution in [-0.2, 0) is 26.9 Å². The van der Waals surface area contributed by atoms with Crippen molar-refractivity contribution in [3.8, 4) is 0 Å². The van der Waals surface area contributed by atoms with Gasteiger partial charge in [-0.3, -0.25) is 13.8 Å². The van der Waals surface area contributed by atoms with Gasteiger partial charge in [0.25, 0.3) is 5.91 Å². The van der Waals surface area contributed by atoms with Crippen molar-refractivity contribution < 1.29 is 23.3 Å². The molecule has 1 aromatic heterocycles. The topological polar surface area (TPSA) is 111 Å². The number of carbonyl (C=O) groups excluding carboxylic acids is 3. The summed E-state index contributed by atoms with van der Waals surface area (Å²) in [4.78, 5) is 39.6. The van der Waals surface area contributed by atoms with Gasteiger partial charge in [0.05, 0.1) is 23.1 Å². The zero-order valence-electron chi connectivity index (χ0n) is 18.8. The summed E-state index contributed by atoms with van der Waals surface area (Å²) < 4.78 is 19.6. The number of piperidine rings is 1. The summed E-state index contributed by atoms with van der Waals surface area (Å²) in [5.74, 6) is -1.02. The van der Waals surface area contributed by atoms with Crippen molar-refractivity contribution in [3.05, 3.63) is 45.6 Å². The highest BCUT2D eigenvalue weighted by Gasteiger charge is 2.28. The summed E-state index contributed by atoms with van der Waals surface area (Å²) >= 11 is 3.37. The van der Waals surface area contributed by atoms with Crippen molar-refractivity contribution >= 4 is 44.5 Å². The van der Waals surface area contributed by atoms with Crippen LogP contribution in [0.1, 0.15) is 46.2 Å². The summed E-state index contributed by atoms with van der Waals surface area (Å²) in [6.45, 7) is 4.32. The van der Waals surface area contributed by atoms with E-state index in [1.165, 1.54) is 10.9 Å². The maximum Gasteiger partial charge on any atom is 0.342 e. The molecule has 0 saturated carbocycles. The van der Waals surface area contributed by atoms with E-state index in [0.717, 1.165) is 17.3 Å². The summed E-state index contributed by atoms with van der Waals surface area (Å²) in [6.07, 6.45) is 2.94. The number of carbonyl (C=O) groups is 3. The van der Waals surface area contributed by atoms with Crippen LogP contribution in [0.25, 0.3) is 0 Å². The number of benzene rings is 1. The Morgan fingerprint density at radius 1 is 1.27 bits per heavy atom. The van der Waals surface area contributed by atoms with Crippen LogP contribution in [0.5, 0.6) is 0 Å². The number of halogens is 1. The van der Waals surface area contributed by atoms with Crippen LogP contribution in [0.4, 0.5) is 0 Å². The molecule has 1 unspecified atom stereocenters. The lowest BCUT2D eigenvalue weighted by Crippen LogP contribution is -2.50. The van der Waals surface area contributed by atoms with Crippen molar-refractivity contribution in [2.24, 2.45) is 0 Å². The molecule has 3 rings (SSSR count). The molecule has 11 heteroatoms. The zero-order chi connectivity index (χ0) is 24.1. The van der Waals surface area contributed by atoms with Crippen LogP contribution < -0.4 is 5.32 Å². The molecule has 0 radical (unpaired) electrons. The molecule has 0 spiro atoms. The number of nitrogens with one attached hydrogen (secondary N) is 1. The van der Waals surface area contributed by atoms with Gasteiger partial charge in [-0.2, -0.15) is 5.10 Å². The molecule has 2 aromatic rings. The molecule has 1 saturated heterocycles. The van der Waals surface area contributed by atoms with Crippen LogP contribution in [-0.4, -0.2) is 68.7 Å². The predicted molar refractivity (Wildman–Crippen MR) is 126 cm³/mol. The predicted octanol–water partition coefficient (Wildman–Crippen LogP) is 2.29. The standard InChI is InChI=1S/C22H27BrN4O5S/c1-4-32-22(30)19-14(2)25-27(21(19)33(3)31)13-18(28)24-17-6-5-11-26(12-17)20(29)15-7-9-16(23)10-8-15/h7-10,17H,4-6,11-13H2,1-3H3,(H,24,28)/t17-,33?/m0/s1. The van der Waals surface area contributed by atoms with E-state index in [4.69, 9.17) is 4.74 Å². The minimum Gasteiger partial charge on any atom is -0.462 e. The number of ether oxygens (including phenoxy) is 1. The van der Waals surface area contributed by atoms with Crippen molar-refractivity contribution in [1.82, 2.24) is 20.0 Å². The van der Waals surface area contributed by atoms with E-state index in [1.807, 2.05) is 12.1 Å². The highest BCUT2D eigenvalue weighted by molar-refractivity contribution is 9.10. The monoisotopic (exact) mass is 538 g/mol. The molecular formula is C22H27BrN4O5S. The Morgan fingerprint density at radius 2 is 1.97 bits per heavy atom. The van der Waals surface area contributed by atoms with Gasteiger partial charge >= 0.3 is 5.97 Å². The van der Waals surface area contributed by atoms with Gasteiger partial charge in [-0.25, -0.2) is 9.48 Å². The summed E-state index contributed by atoms with van der Waals surface area (Å²) in [6, 6.07) is 6.97. The van der Waals surface area contributed by atoms with Gasteiger partial charge < -0.3 is 15.0 Å². The zero-order valence-corrected chi connectivity index (χ0v) is 21.2. The highest BCUT2D eigenvalue weighted by Crippen LogP contribution is 2.20. The number of hydrogen-bond donors (Lipinski definition) is 1. The highest BCUT2D eigenvalue weighted by atomic mass is 79.9. The summed E-state index contributed by atoms with van der Waals surface area (Å²) in [7, 11) is -1.55. The van der Waals surface area contributed by atoms with Gasteiger partial charge in [-0.1, -0.05) is 15.9 Å². The number of nitrogens with zero attached hydrogens (tertiary/aromatic N) is 3. The molecule has 178 valence electrons. The van der Waals surface area contributed by atoms with Gasteiger partial charge in [-0.15, -0.1) is 0 Å². The first-order valence-corrected chi connectivity index (χ1v) is 13.0. The molecule has 0 aliphatic carbocycles. The molecule has 9 nitrogen and oxygen atoms in total. The summed E-state index contributed by atoms with van der Waals surface area (Å²) in [5, 5.41) is 7.36. The van der Waals surface area contributed by atoms with Crippen molar-refractivity contribution in [1.29, 1.82) is 0 Å². The maximum absolute atomic E-state index is 12.8. The van der Waals surface area contributed by atoms with E-state index < -0.39 is 16.8 Å². The van der Waals surface area contributed by atoms with Crippen molar-refractivity contribution in [3.63, 3.8) is 0 Å². The van der Waals surface area contributed by atoms with Gasteiger partial charge in [0.15, 0.2) is 0 Å². The molecular weight excluding hydrogens is 512 g/mol. The van der Waals surface area contributed by atoms with Gasteiger partial charge in [0.1, 0.15) is 17.1 Å². The van der Waals surface area contributed by atoms with Crippen LogP contribution in [0, 0.1) is 6.92 Å². The smallest absolute Gasteiger partial charge is 0.342 e. The molecule has 33 heavy (non-hydrogen) atoms. The SMILES string of the molecule is CCOC(=O)c1c(C)nn(CC(=O)N[C@H]2CCCN(C(=O)c3ccc(Br)cc3)C2)c1S(C)=O. The third-order valence-corrected chi connectivity index (χ3v) is 6.78. The van der Waals surface area contributed by atoms with Gasteiger partial charge in [0.2, 0.25) is 5.91 Å². The number of likely N-dealkylation sites (tertiary alicyclic amines) is 1. The Balaban J connectivity index is 1.67. The van der Waals surface area contributed by atoms with Crippen molar-refractivity contribution in [2.45, 2.75) is 44.3 Å². The van der Waals surface area contributed by atoms with E-state index in [0.29, 0.717) is 24.3 Å². The number of esters is 1. The molecule has 1 aromatic carbocycles. The molecule has 2 atom stereocenters. The Labute approximate surface area is 203 Å². The Hall–Kier alpha value is -2.53. The fourth-order valence-electron chi connectivity index (χ4n) is 3.86. The number of rotatable bonds is 7. The van der Waals surface area contributed by atoms with Crippen LogP contribution in [0.3, 0.4) is 0 Å². The number of hydrogen-bond acceptors (Lipinski definition) is 6. The second kappa shape index (κ2) is 11.1. The lowest BCUT2D eigenvalue weighted by atomic mass is 10.0. The van der Waals surface area contributed by atoms with Crippen LogP contribution >= 0.6 is 15.9 Å². The first-order valence-electron chi connectivity index (χ1n) is 10.6. The molecule has 1 aliphatic heterocycles. The van der Waals surface area contributed by atoms with Crippen molar-refractivity contribution in [2.75, 3.05) is 26.0 Å². The Bertz CT molecular complexity index is 1070. The first-order chi connectivity index (χ1) is 15.7. The average molecular weight is 539 g/mol. The third-order valence-electron chi connectivity index (χ3n) is 5.29. The number of aromatic nitrogens is 2. The first kappa shape index (κ1) is 25.1. The Kier molecular flexibility index (Phi) is 8.41. The fraction of sp³-hybridized carbons (Fsp3) is 0.455. The fourth-order valence-corrected chi connectivity index (χ4v) is 5.05. The lowest BCUT2D eigenvalue weighted by Gasteiger charge is -2.33. The van der Waals surface area contributed by atoms with Gasteiger partial charge in [-0.05, 0) is 51.0 Å². The molecule has 1 fully saturated rings. The van der Waals surface area contributed by atoms with E-state index in [9.17, 15) is 18.6 Å². The second-order valence-electron chi connectivity index (χ2n) is 7.76. The minimum absolute atomic E-state index is 0.0769. The largest absolute Gasteiger partial charge is 0.462 e. The molecule has 2 heterocycles. The molecule has 2 amide bonds. The summed E-state index contributed by atoms with van der Waals surface area (Å²) in [5.41, 5.74) is 1.09. The average Bonchev–Trinajstić information content (AvgIpc) is 3.09. The molecule has 1 N–H and O–H groups in total. The maximum atomic E-state index is 12.8. The van der Waals surface area contributed by atoms with E-state index in [1.54, 1.807) is 30.9 Å². The van der Waals surface area contributed by atoms with Crippen LogP contribution in [0.15, 0.2) is 33.8 Å². The van der Waals surface area contributed by atoms with E-state index in [2.05, 4.69) is 26.3 Å². The number of aryl methyl sites for hydroxylation is 1. The van der Waals surface area contributed by atoms with Crippen LogP contribution in [0.2, 0.25) is 0 Å². The van der Waals surface area contributed by atoms with Gasteiger partial charge in [0, 0.05) is 35.4 Å². The normalized spacial score (nSPS) is 16.8. The third kappa shape index (κ3) is 6.08. The minimum atomic E-state index is -1.55. The lowest BCUT2D eigenvalue weighted by molar-refractivity contribution is -0.123. The number of amides is 2.